The Bertz CT molecular complexity index is 171. The molecule has 0 aromatic rings. The third-order valence-electron chi connectivity index (χ3n) is 3.07. The minimum Gasteiger partial charge on any atom is -0.264 e. The Morgan fingerprint density at radius 1 is 1.25 bits per heavy atom. The summed E-state index contributed by atoms with van der Waals surface area (Å²) in [6.07, 6.45) is 5.66. The molecule has 1 fully saturated rings. The van der Waals surface area contributed by atoms with E-state index >= 15 is 0 Å². The largest absolute Gasteiger partial charge is 0.264 e. The molecule has 1 rings (SSSR count). The third-order valence-corrected chi connectivity index (χ3v) is 3.07. The maximum Gasteiger partial charge on any atom is 0.219 e. The van der Waals surface area contributed by atoms with Crippen LogP contribution < -0.4 is 0 Å². The zero-order valence-corrected chi connectivity index (χ0v) is 7.88. The van der Waals surface area contributed by atoms with E-state index in [4.69, 9.17) is 0 Å². The maximum absolute atomic E-state index is 10.7. The van der Waals surface area contributed by atoms with Gasteiger partial charge in [-0.15, -0.1) is 0 Å². The standard InChI is InChI=1S/C9H17NO2/c1-9(2,10(11)12)8-6-4-3-5-7-8/h8H,3-7H2,1-2H3. The number of rotatable bonds is 2. The molecule has 0 bridgehead atoms. The predicted molar refractivity (Wildman–Crippen MR) is 47.6 cm³/mol. The Balaban J connectivity index is 2.59. The van der Waals surface area contributed by atoms with Crippen molar-refractivity contribution in [3.8, 4) is 0 Å². The minimum atomic E-state index is -0.708. The van der Waals surface area contributed by atoms with Crippen molar-refractivity contribution in [1.29, 1.82) is 0 Å². The number of hydrogen-bond donors (Lipinski definition) is 0. The molecule has 0 aromatic carbocycles. The van der Waals surface area contributed by atoms with Gasteiger partial charge in [0.1, 0.15) is 0 Å². The fraction of sp³-hybridized carbons (Fsp3) is 1.00. The van der Waals surface area contributed by atoms with Gasteiger partial charge in [-0.25, -0.2) is 0 Å². The zero-order chi connectivity index (χ0) is 9.19. The van der Waals surface area contributed by atoms with Gasteiger partial charge >= 0.3 is 0 Å². The van der Waals surface area contributed by atoms with Crippen molar-refractivity contribution >= 4 is 0 Å². The van der Waals surface area contributed by atoms with Crippen molar-refractivity contribution in [2.45, 2.75) is 51.5 Å². The predicted octanol–water partition coefficient (Wildman–Crippen LogP) is 2.62. The monoisotopic (exact) mass is 171 g/mol. The summed E-state index contributed by atoms with van der Waals surface area (Å²) >= 11 is 0. The first-order valence-electron chi connectivity index (χ1n) is 4.69. The summed E-state index contributed by atoms with van der Waals surface area (Å²) in [6, 6.07) is 0. The number of nitrogens with zero attached hydrogens (tertiary/aromatic N) is 1. The summed E-state index contributed by atoms with van der Waals surface area (Å²) in [6.45, 7) is 3.51. The van der Waals surface area contributed by atoms with E-state index in [1.165, 1.54) is 19.3 Å². The van der Waals surface area contributed by atoms with Crippen LogP contribution in [0.15, 0.2) is 0 Å². The first-order chi connectivity index (χ1) is 5.55. The van der Waals surface area contributed by atoms with Gasteiger partial charge in [0.2, 0.25) is 5.54 Å². The van der Waals surface area contributed by atoms with Gasteiger partial charge in [-0.3, -0.25) is 10.1 Å². The Kier molecular flexibility index (Phi) is 2.70. The first-order valence-corrected chi connectivity index (χ1v) is 4.69. The second-order valence-electron chi connectivity index (χ2n) is 4.25. The van der Waals surface area contributed by atoms with Crippen LogP contribution in [0.5, 0.6) is 0 Å². The van der Waals surface area contributed by atoms with E-state index in [-0.39, 0.29) is 4.92 Å². The Hall–Kier alpha value is -0.600. The fourth-order valence-electron chi connectivity index (χ4n) is 1.96. The summed E-state index contributed by atoms with van der Waals surface area (Å²) in [4.78, 5) is 10.6. The lowest BCUT2D eigenvalue weighted by Crippen LogP contribution is -2.40. The van der Waals surface area contributed by atoms with Crippen LogP contribution in [0, 0.1) is 16.0 Å². The molecule has 0 unspecified atom stereocenters. The van der Waals surface area contributed by atoms with Gasteiger partial charge in [0.15, 0.2) is 0 Å². The SMILES string of the molecule is CC(C)(C1CCCCC1)[N+](=O)[O-]. The fourth-order valence-corrected chi connectivity index (χ4v) is 1.96. The smallest absolute Gasteiger partial charge is 0.219 e. The van der Waals surface area contributed by atoms with Crippen LogP contribution in [0.3, 0.4) is 0 Å². The lowest BCUT2D eigenvalue weighted by atomic mass is 9.77. The van der Waals surface area contributed by atoms with Gasteiger partial charge in [0.25, 0.3) is 0 Å². The molecule has 0 aromatic heterocycles. The molecule has 0 heterocycles. The lowest BCUT2D eigenvalue weighted by Gasteiger charge is -2.29. The van der Waals surface area contributed by atoms with Crippen molar-refractivity contribution < 1.29 is 4.92 Å². The van der Waals surface area contributed by atoms with Crippen LogP contribution in [0.25, 0.3) is 0 Å². The molecule has 0 spiro atoms. The van der Waals surface area contributed by atoms with Crippen LogP contribution in [-0.2, 0) is 0 Å². The number of hydrogen-bond acceptors (Lipinski definition) is 2. The van der Waals surface area contributed by atoms with E-state index in [0.29, 0.717) is 5.92 Å². The second kappa shape index (κ2) is 3.42. The van der Waals surface area contributed by atoms with Crippen molar-refractivity contribution in [3.63, 3.8) is 0 Å². The van der Waals surface area contributed by atoms with E-state index in [1.807, 2.05) is 0 Å². The minimum absolute atomic E-state index is 0.122. The van der Waals surface area contributed by atoms with Crippen LogP contribution in [0.1, 0.15) is 46.0 Å². The molecular weight excluding hydrogens is 154 g/mol. The van der Waals surface area contributed by atoms with Crippen molar-refractivity contribution in [1.82, 2.24) is 0 Å². The molecule has 0 atom stereocenters. The topological polar surface area (TPSA) is 43.1 Å². The molecule has 1 saturated carbocycles. The van der Waals surface area contributed by atoms with Crippen molar-refractivity contribution in [2.24, 2.45) is 5.92 Å². The molecule has 0 radical (unpaired) electrons. The quantitative estimate of drug-likeness (QED) is 0.473. The summed E-state index contributed by atoms with van der Waals surface area (Å²) in [5, 5.41) is 10.7. The highest BCUT2D eigenvalue weighted by atomic mass is 16.6. The third kappa shape index (κ3) is 1.76. The maximum atomic E-state index is 10.7. The van der Waals surface area contributed by atoms with Gasteiger partial charge in [-0.05, 0) is 12.8 Å². The van der Waals surface area contributed by atoms with Crippen molar-refractivity contribution in [2.75, 3.05) is 0 Å². The van der Waals surface area contributed by atoms with E-state index in [9.17, 15) is 10.1 Å². The summed E-state index contributed by atoms with van der Waals surface area (Å²) in [5.74, 6) is 0.293. The average molecular weight is 171 g/mol. The summed E-state index contributed by atoms with van der Waals surface area (Å²) in [5.41, 5.74) is -0.708. The highest BCUT2D eigenvalue weighted by Gasteiger charge is 2.40. The number of nitro groups is 1. The average Bonchev–Trinajstić information content (AvgIpc) is 2.06. The summed E-state index contributed by atoms with van der Waals surface area (Å²) < 4.78 is 0. The van der Waals surface area contributed by atoms with Gasteiger partial charge in [-0.2, -0.15) is 0 Å². The van der Waals surface area contributed by atoms with Crippen LogP contribution in [0.2, 0.25) is 0 Å². The van der Waals surface area contributed by atoms with Crippen molar-refractivity contribution in [3.05, 3.63) is 10.1 Å². The van der Waals surface area contributed by atoms with Crippen LogP contribution >= 0.6 is 0 Å². The molecule has 3 nitrogen and oxygen atoms in total. The first kappa shape index (κ1) is 9.49. The van der Waals surface area contributed by atoms with Gasteiger partial charge in [0, 0.05) is 24.7 Å². The molecule has 3 heteroatoms. The van der Waals surface area contributed by atoms with Gasteiger partial charge < -0.3 is 0 Å². The normalized spacial score (nSPS) is 20.8. The van der Waals surface area contributed by atoms with E-state index in [0.717, 1.165) is 12.8 Å². The van der Waals surface area contributed by atoms with Crippen LogP contribution in [-0.4, -0.2) is 10.5 Å². The van der Waals surface area contributed by atoms with E-state index in [2.05, 4.69) is 0 Å². The highest BCUT2D eigenvalue weighted by molar-refractivity contribution is 4.80. The Morgan fingerprint density at radius 2 is 1.75 bits per heavy atom. The summed E-state index contributed by atoms with van der Waals surface area (Å²) in [7, 11) is 0. The van der Waals surface area contributed by atoms with E-state index < -0.39 is 5.54 Å². The molecule has 12 heavy (non-hydrogen) atoms. The molecule has 0 amide bonds. The molecule has 1 aliphatic carbocycles. The zero-order valence-electron chi connectivity index (χ0n) is 7.88. The van der Waals surface area contributed by atoms with Gasteiger partial charge in [0.05, 0.1) is 0 Å². The molecule has 0 N–H and O–H groups in total. The molecule has 0 aliphatic heterocycles. The molecular formula is C9H17NO2. The second-order valence-corrected chi connectivity index (χ2v) is 4.25. The Morgan fingerprint density at radius 3 is 2.17 bits per heavy atom. The lowest BCUT2D eigenvalue weighted by molar-refractivity contribution is -0.572. The van der Waals surface area contributed by atoms with Crippen LogP contribution in [0.4, 0.5) is 0 Å². The Labute approximate surface area is 73.3 Å². The highest BCUT2D eigenvalue weighted by Crippen LogP contribution is 2.33. The van der Waals surface area contributed by atoms with Gasteiger partial charge in [-0.1, -0.05) is 19.3 Å². The van der Waals surface area contributed by atoms with E-state index in [1.54, 1.807) is 13.8 Å². The molecule has 1 aliphatic rings. The molecule has 0 saturated heterocycles. The molecule has 70 valence electrons.